The summed E-state index contributed by atoms with van der Waals surface area (Å²) in [6, 6.07) is 8.81. The fraction of sp³-hybridized carbons (Fsp3) is 0.625. The Labute approximate surface area is 116 Å². The lowest BCUT2D eigenvalue weighted by Gasteiger charge is -2.22. The van der Waals surface area contributed by atoms with E-state index >= 15 is 0 Å². The van der Waals surface area contributed by atoms with Gasteiger partial charge in [0.15, 0.2) is 0 Å². The Balaban J connectivity index is 2.03. The number of halogens is 1. The molecule has 1 saturated carbocycles. The highest BCUT2D eigenvalue weighted by molar-refractivity contribution is 6.30. The van der Waals surface area contributed by atoms with E-state index in [0.29, 0.717) is 6.04 Å². The highest BCUT2D eigenvalue weighted by Crippen LogP contribution is 2.33. The molecule has 1 aromatic rings. The van der Waals surface area contributed by atoms with Crippen molar-refractivity contribution in [2.45, 2.75) is 51.5 Å². The van der Waals surface area contributed by atoms with Crippen molar-refractivity contribution in [3.8, 4) is 0 Å². The van der Waals surface area contributed by atoms with Crippen LogP contribution in [0.3, 0.4) is 0 Å². The zero-order valence-electron chi connectivity index (χ0n) is 11.3. The SMILES string of the molecule is CCCNC(CC1CCCC1)c1cccc(Cl)c1. The topological polar surface area (TPSA) is 12.0 Å². The van der Waals surface area contributed by atoms with E-state index < -0.39 is 0 Å². The van der Waals surface area contributed by atoms with Crippen LogP contribution in [0.1, 0.15) is 57.1 Å². The lowest BCUT2D eigenvalue weighted by Crippen LogP contribution is -2.24. The fourth-order valence-electron chi connectivity index (χ4n) is 2.96. The van der Waals surface area contributed by atoms with Gasteiger partial charge in [-0.15, -0.1) is 0 Å². The molecule has 0 saturated heterocycles. The zero-order chi connectivity index (χ0) is 12.8. The van der Waals surface area contributed by atoms with Crippen molar-refractivity contribution in [2.24, 2.45) is 5.92 Å². The number of rotatable bonds is 6. The Kier molecular flexibility index (Phi) is 5.52. The summed E-state index contributed by atoms with van der Waals surface area (Å²) >= 11 is 6.11. The first-order chi connectivity index (χ1) is 8.79. The van der Waals surface area contributed by atoms with Gasteiger partial charge in [-0.2, -0.15) is 0 Å². The van der Waals surface area contributed by atoms with Gasteiger partial charge in [-0.1, -0.05) is 56.3 Å². The van der Waals surface area contributed by atoms with Crippen LogP contribution in [0.15, 0.2) is 24.3 Å². The molecule has 1 N–H and O–H groups in total. The Hall–Kier alpha value is -0.530. The molecule has 1 aromatic carbocycles. The third-order valence-electron chi connectivity index (χ3n) is 3.94. The second-order valence-corrected chi connectivity index (χ2v) is 5.88. The van der Waals surface area contributed by atoms with Crippen LogP contribution in [-0.4, -0.2) is 6.54 Å². The summed E-state index contributed by atoms with van der Waals surface area (Å²) in [5.41, 5.74) is 1.35. The molecule has 2 rings (SSSR count). The van der Waals surface area contributed by atoms with E-state index in [1.807, 2.05) is 6.07 Å². The molecule has 1 unspecified atom stereocenters. The van der Waals surface area contributed by atoms with Crippen LogP contribution in [0, 0.1) is 5.92 Å². The molecule has 1 atom stereocenters. The summed E-state index contributed by atoms with van der Waals surface area (Å²) in [5, 5.41) is 4.53. The first-order valence-electron chi connectivity index (χ1n) is 7.28. The van der Waals surface area contributed by atoms with E-state index in [1.165, 1.54) is 44.1 Å². The normalized spacial score (nSPS) is 18.1. The highest BCUT2D eigenvalue weighted by Gasteiger charge is 2.20. The van der Waals surface area contributed by atoms with E-state index in [0.717, 1.165) is 17.5 Å². The monoisotopic (exact) mass is 265 g/mol. The molecule has 0 bridgehead atoms. The van der Waals surface area contributed by atoms with Gasteiger partial charge in [0.25, 0.3) is 0 Å². The number of nitrogens with one attached hydrogen (secondary N) is 1. The maximum absolute atomic E-state index is 6.11. The molecule has 0 radical (unpaired) electrons. The average molecular weight is 266 g/mol. The van der Waals surface area contributed by atoms with Gasteiger partial charge in [-0.3, -0.25) is 0 Å². The molecule has 1 fully saturated rings. The van der Waals surface area contributed by atoms with E-state index in [-0.39, 0.29) is 0 Å². The van der Waals surface area contributed by atoms with E-state index in [1.54, 1.807) is 0 Å². The van der Waals surface area contributed by atoms with Gasteiger partial charge < -0.3 is 5.32 Å². The smallest absolute Gasteiger partial charge is 0.0409 e. The first-order valence-corrected chi connectivity index (χ1v) is 7.66. The number of hydrogen-bond acceptors (Lipinski definition) is 1. The molecule has 1 aliphatic carbocycles. The molecular formula is C16H24ClN. The molecule has 0 heterocycles. The molecule has 1 aliphatic rings. The van der Waals surface area contributed by atoms with Crippen molar-refractivity contribution in [1.29, 1.82) is 0 Å². The van der Waals surface area contributed by atoms with Crippen LogP contribution in [-0.2, 0) is 0 Å². The molecule has 18 heavy (non-hydrogen) atoms. The maximum Gasteiger partial charge on any atom is 0.0409 e. The molecule has 100 valence electrons. The largest absolute Gasteiger partial charge is 0.310 e. The molecule has 0 aliphatic heterocycles. The predicted octanol–water partition coefficient (Wildman–Crippen LogP) is 4.96. The van der Waals surface area contributed by atoms with Crippen LogP contribution in [0.4, 0.5) is 0 Å². The summed E-state index contributed by atoms with van der Waals surface area (Å²) in [6.07, 6.45) is 8.10. The minimum Gasteiger partial charge on any atom is -0.310 e. The Morgan fingerprint density at radius 2 is 2.11 bits per heavy atom. The molecule has 0 amide bonds. The van der Waals surface area contributed by atoms with E-state index in [4.69, 9.17) is 11.6 Å². The van der Waals surface area contributed by atoms with E-state index in [2.05, 4.69) is 30.4 Å². The second kappa shape index (κ2) is 7.16. The Morgan fingerprint density at radius 1 is 1.33 bits per heavy atom. The Morgan fingerprint density at radius 3 is 2.78 bits per heavy atom. The molecule has 1 nitrogen and oxygen atoms in total. The third kappa shape index (κ3) is 4.00. The van der Waals surface area contributed by atoms with Gasteiger partial charge in [0.2, 0.25) is 0 Å². The van der Waals surface area contributed by atoms with Gasteiger partial charge >= 0.3 is 0 Å². The summed E-state index contributed by atoms with van der Waals surface area (Å²) < 4.78 is 0. The molecule has 0 aromatic heterocycles. The highest BCUT2D eigenvalue weighted by atomic mass is 35.5. The maximum atomic E-state index is 6.11. The Bertz CT molecular complexity index is 358. The van der Waals surface area contributed by atoms with Crippen molar-refractivity contribution in [3.63, 3.8) is 0 Å². The van der Waals surface area contributed by atoms with Crippen LogP contribution >= 0.6 is 11.6 Å². The van der Waals surface area contributed by atoms with Crippen LogP contribution in [0.25, 0.3) is 0 Å². The van der Waals surface area contributed by atoms with Crippen molar-refractivity contribution in [2.75, 3.05) is 6.54 Å². The van der Waals surface area contributed by atoms with Gasteiger partial charge in [0.1, 0.15) is 0 Å². The fourth-order valence-corrected chi connectivity index (χ4v) is 3.16. The van der Waals surface area contributed by atoms with Crippen molar-refractivity contribution in [1.82, 2.24) is 5.32 Å². The van der Waals surface area contributed by atoms with Crippen molar-refractivity contribution < 1.29 is 0 Å². The predicted molar refractivity (Wildman–Crippen MR) is 79.1 cm³/mol. The molecule has 0 spiro atoms. The van der Waals surface area contributed by atoms with Gasteiger partial charge in [-0.25, -0.2) is 0 Å². The summed E-state index contributed by atoms with van der Waals surface area (Å²) in [4.78, 5) is 0. The van der Waals surface area contributed by atoms with E-state index in [9.17, 15) is 0 Å². The second-order valence-electron chi connectivity index (χ2n) is 5.45. The summed E-state index contributed by atoms with van der Waals surface area (Å²) in [7, 11) is 0. The summed E-state index contributed by atoms with van der Waals surface area (Å²) in [6.45, 7) is 3.31. The minimum atomic E-state index is 0.478. The average Bonchev–Trinajstić information content (AvgIpc) is 2.87. The minimum absolute atomic E-state index is 0.478. The van der Waals surface area contributed by atoms with Gasteiger partial charge in [0.05, 0.1) is 0 Å². The zero-order valence-corrected chi connectivity index (χ0v) is 12.0. The lowest BCUT2D eigenvalue weighted by molar-refractivity contribution is 0.395. The van der Waals surface area contributed by atoms with Crippen molar-refractivity contribution >= 4 is 11.6 Å². The lowest BCUT2D eigenvalue weighted by atomic mass is 9.93. The molecular weight excluding hydrogens is 242 g/mol. The molecule has 2 heteroatoms. The van der Waals surface area contributed by atoms with Crippen LogP contribution in [0.5, 0.6) is 0 Å². The third-order valence-corrected chi connectivity index (χ3v) is 4.17. The first kappa shape index (κ1) is 13.9. The number of benzene rings is 1. The quantitative estimate of drug-likeness (QED) is 0.766. The van der Waals surface area contributed by atoms with Gasteiger partial charge in [-0.05, 0) is 43.0 Å². The summed E-state index contributed by atoms with van der Waals surface area (Å²) in [5.74, 6) is 0.901. The van der Waals surface area contributed by atoms with Crippen molar-refractivity contribution in [3.05, 3.63) is 34.9 Å². The van der Waals surface area contributed by atoms with Crippen LogP contribution in [0.2, 0.25) is 5.02 Å². The van der Waals surface area contributed by atoms with Gasteiger partial charge in [0, 0.05) is 11.1 Å². The van der Waals surface area contributed by atoms with Crippen LogP contribution < -0.4 is 5.32 Å². The standard InChI is InChI=1S/C16H24ClN/c1-2-10-18-16(11-13-6-3-4-7-13)14-8-5-9-15(17)12-14/h5,8-9,12-13,16,18H,2-4,6-7,10-11H2,1H3. The number of hydrogen-bond donors (Lipinski definition) is 1.